The van der Waals surface area contributed by atoms with Gasteiger partial charge in [-0.05, 0) is 53.6 Å². The van der Waals surface area contributed by atoms with Crippen LogP contribution in [0.2, 0.25) is 0 Å². The van der Waals surface area contributed by atoms with Gasteiger partial charge < -0.3 is 5.11 Å². The highest BCUT2D eigenvalue weighted by Crippen LogP contribution is 2.28. The van der Waals surface area contributed by atoms with Crippen molar-refractivity contribution in [3.63, 3.8) is 0 Å². The molecule has 0 radical (unpaired) electrons. The van der Waals surface area contributed by atoms with Crippen molar-refractivity contribution in [3.8, 4) is 5.75 Å². The number of fused-ring (bicyclic) bond motifs is 1. The van der Waals surface area contributed by atoms with E-state index >= 15 is 0 Å². The van der Waals surface area contributed by atoms with E-state index in [1.165, 1.54) is 5.01 Å². The number of carbonyl (C=O) groups excluding carboxylic acids is 1. The highest BCUT2D eigenvalue weighted by atomic mass is 16.3. The number of benzene rings is 3. The molecule has 0 aromatic heterocycles. The Hall–Kier alpha value is -3.40. The largest absolute Gasteiger partial charge is 0.508 e. The van der Waals surface area contributed by atoms with Crippen molar-refractivity contribution >= 4 is 34.2 Å². The first-order chi connectivity index (χ1) is 12.1. The average Bonchev–Trinajstić information content (AvgIpc) is 2.91. The van der Waals surface area contributed by atoms with Gasteiger partial charge in [-0.25, -0.2) is 0 Å². The fourth-order valence-corrected chi connectivity index (χ4v) is 2.90. The van der Waals surface area contributed by atoms with Crippen LogP contribution in [0.4, 0.5) is 5.69 Å². The first-order valence-electron chi connectivity index (χ1n) is 8.01. The molecule has 122 valence electrons. The van der Waals surface area contributed by atoms with Crippen molar-refractivity contribution in [3.05, 3.63) is 77.9 Å². The van der Waals surface area contributed by atoms with Gasteiger partial charge in [-0.15, -0.1) is 0 Å². The maximum absolute atomic E-state index is 12.8. The van der Waals surface area contributed by atoms with Gasteiger partial charge in [0, 0.05) is 0 Å². The summed E-state index contributed by atoms with van der Waals surface area (Å²) in [7, 11) is 0. The quantitative estimate of drug-likeness (QED) is 0.711. The summed E-state index contributed by atoms with van der Waals surface area (Å²) in [5.41, 5.74) is 2.82. The number of anilines is 1. The number of hydrogen-bond acceptors (Lipinski definition) is 3. The molecule has 0 aliphatic carbocycles. The zero-order valence-electron chi connectivity index (χ0n) is 13.7. The third-order valence-electron chi connectivity index (χ3n) is 4.24. The Morgan fingerprint density at radius 1 is 0.960 bits per heavy atom. The zero-order valence-corrected chi connectivity index (χ0v) is 13.7. The maximum Gasteiger partial charge on any atom is 0.280 e. The number of rotatable bonds is 2. The Morgan fingerprint density at radius 3 is 2.44 bits per heavy atom. The smallest absolute Gasteiger partial charge is 0.280 e. The number of phenols is 1. The number of nitrogens with zero attached hydrogens (tertiary/aromatic N) is 2. The fourth-order valence-electron chi connectivity index (χ4n) is 2.90. The standard InChI is InChI=1S/C21H16N2O2/c1-14-20(12-15-6-10-19(24)11-7-15)21(25)23(22-14)18-9-8-16-4-2-3-5-17(16)13-18/h2-13,24H,1H3/b20-12+. The number of hydrogen-bond donors (Lipinski definition) is 1. The summed E-state index contributed by atoms with van der Waals surface area (Å²) in [6.07, 6.45) is 1.79. The summed E-state index contributed by atoms with van der Waals surface area (Å²) >= 11 is 0. The van der Waals surface area contributed by atoms with Crippen molar-refractivity contribution < 1.29 is 9.90 Å². The molecule has 0 bridgehead atoms. The van der Waals surface area contributed by atoms with Gasteiger partial charge in [-0.2, -0.15) is 10.1 Å². The Kier molecular flexibility index (Phi) is 3.58. The van der Waals surface area contributed by atoms with E-state index in [0.29, 0.717) is 11.3 Å². The molecule has 1 aliphatic rings. The molecular weight excluding hydrogens is 312 g/mol. The number of aromatic hydroxyl groups is 1. The van der Waals surface area contributed by atoms with Gasteiger partial charge in [-0.3, -0.25) is 4.79 Å². The van der Waals surface area contributed by atoms with E-state index in [0.717, 1.165) is 22.0 Å². The lowest BCUT2D eigenvalue weighted by atomic mass is 10.1. The molecule has 1 amide bonds. The molecule has 4 rings (SSSR count). The van der Waals surface area contributed by atoms with E-state index in [1.54, 1.807) is 30.3 Å². The molecule has 1 heterocycles. The van der Waals surface area contributed by atoms with E-state index in [2.05, 4.69) is 5.10 Å². The predicted molar refractivity (Wildman–Crippen MR) is 101 cm³/mol. The van der Waals surface area contributed by atoms with Gasteiger partial charge in [0.25, 0.3) is 5.91 Å². The first-order valence-corrected chi connectivity index (χ1v) is 8.01. The lowest BCUT2D eigenvalue weighted by Gasteiger charge is -2.12. The third kappa shape index (κ3) is 2.78. The monoisotopic (exact) mass is 328 g/mol. The molecule has 25 heavy (non-hydrogen) atoms. The summed E-state index contributed by atoms with van der Waals surface area (Å²) < 4.78 is 0. The van der Waals surface area contributed by atoms with Crippen LogP contribution in [0.5, 0.6) is 5.75 Å². The Balaban J connectivity index is 1.70. The van der Waals surface area contributed by atoms with Crippen LogP contribution < -0.4 is 5.01 Å². The van der Waals surface area contributed by atoms with Crippen LogP contribution in [0.1, 0.15) is 12.5 Å². The average molecular weight is 328 g/mol. The van der Waals surface area contributed by atoms with E-state index in [-0.39, 0.29) is 11.7 Å². The van der Waals surface area contributed by atoms with E-state index in [1.807, 2.05) is 49.4 Å². The molecular formula is C21H16N2O2. The molecule has 0 unspecified atom stereocenters. The van der Waals surface area contributed by atoms with Crippen LogP contribution in [0.15, 0.2) is 77.4 Å². The second kappa shape index (κ2) is 5.91. The minimum absolute atomic E-state index is 0.152. The summed E-state index contributed by atoms with van der Waals surface area (Å²) in [4.78, 5) is 12.8. The van der Waals surface area contributed by atoms with Gasteiger partial charge >= 0.3 is 0 Å². The van der Waals surface area contributed by atoms with Crippen LogP contribution >= 0.6 is 0 Å². The van der Waals surface area contributed by atoms with Crippen molar-refractivity contribution in [1.82, 2.24) is 0 Å². The van der Waals surface area contributed by atoms with Crippen molar-refractivity contribution in [2.24, 2.45) is 5.10 Å². The van der Waals surface area contributed by atoms with E-state index < -0.39 is 0 Å². The molecule has 3 aromatic rings. The van der Waals surface area contributed by atoms with Gasteiger partial charge in [0.1, 0.15) is 5.75 Å². The molecule has 4 heteroatoms. The number of amides is 1. The van der Waals surface area contributed by atoms with Crippen LogP contribution in [0.25, 0.3) is 16.8 Å². The topological polar surface area (TPSA) is 52.9 Å². The Labute approximate surface area is 145 Å². The number of hydrazone groups is 1. The fraction of sp³-hybridized carbons (Fsp3) is 0.0476. The molecule has 0 atom stereocenters. The van der Waals surface area contributed by atoms with Crippen molar-refractivity contribution in [2.75, 3.05) is 5.01 Å². The first kappa shape index (κ1) is 15.1. The van der Waals surface area contributed by atoms with Gasteiger partial charge in [0.05, 0.1) is 17.0 Å². The SMILES string of the molecule is CC1=NN(c2ccc3ccccc3c2)C(=O)/C1=C/c1ccc(O)cc1. The molecule has 3 aromatic carbocycles. The minimum Gasteiger partial charge on any atom is -0.508 e. The molecule has 4 nitrogen and oxygen atoms in total. The van der Waals surface area contributed by atoms with Crippen molar-refractivity contribution in [2.45, 2.75) is 6.92 Å². The molecule has 0 saturated carbocycles. The molecule has 0 spiro atoms. The Morgan fingerprint density at radius 2 is 1.68 bits per heavy atom. The second-order valence-corrected chi connectivity index (χ2v) is 5.98. The molecule has 1 aliphatic heterocycles. The van der Waals surface area contributed by atoms with Crippen LogP contribution in [0.3, 0.4) is 0 Å². The third-order valence-corrected chi connectivity index (χ3v) is 4.24. The van der Waals surface area contributed by atoms with Gasteiger partial charge in [-0.1, -0.05) is 42.5 Å². The predicted octanol–water partition coefficient (Wildman–Crippen LogP) is 4.35. The summed E-state index contributed by atoms with van der Waals surface area (Å²) in [5.74, 6) is 0.0453. The van der Waals surface area contributed by atoms with Crippen LogP contribution in [-0.2, 0) is 4.79 Å². The Bertz CT molecular complexity index is 1030. The second-order valence-electron chi connectivity index (χ2n) is 5.98. The zero-order chi connectivity index (χ0) is 17.4. The van der Waals surface area contributed by atoms with E-state index in [9.17, 15) is 9.90 Å². The minimum atomic E-state index is -0.152. The number of carbonyl (C=O) groups is 1. The highest BCUT2D eigenvalue weighted by Gasteiger charge is 2.28. The van der Waals surface area contributed by atoms with E-state index in [4.69, 9.17) is 0 Å². The molecule has 1 N–H and O–H groups in total. The van der Waals surface area contributed by atoms with Crippen LogP contribution in [0, 0.1) is 0 Å². The van der Waals surface area contributed by atoms with Crippen LogP contribution in [-0.4, -0.2) is 16.7 Å². The maximum atomic E-state index is 12.8. The lowest BCUT2D eigenvalue weighted by Crippen LogP contribution is -2.21. The van der Waals surface area contributed by atoms with Gasteiger partial charge in [0.2, 0.25) is 0 Å². The summed E-state index contributed by atoms with van der Waals surface area (Å²) in [6, 6.07) is 20.6. The number of phenolic OH excluding ortho intramolecular Hbond substituents is 1. The van der Waals surface area contributed by atoms with Gasteiger partial charge in [0.15, 0.2) is 0 Å². The molecule has 0 saturated heterocycles. The summed E-state index contributed by atoms with van der Waals surface area (Å²) in [6.45, 7) is 1.82. The molecule has 0 fully saturated rings. The summed E-state index contributed by atoms with van der Waals surface area (Å²) in [5, 5.41) is 17.4. The normalized spacial score (nSPS) is 15.9. The lowest BCUT2D eigenvalue weighted by molar-refractivity contribution is -0.114. The van der Waals surface area contributed by atoms with Crippen molar-refractivity contribution in [1.29, 1.82) is 0 Å². The highest BCUT2D eigenvalue weighted by molar-refractivity contribution is 6.32.